The van der Waals surface area contributed by atoms with Crippen molar-refractivity contribution in [2.45, 2.75) is 6.92 Å². The molecule has 0 aliphatic rings. The van der Waals surface area contributed by atoms with Gasteiger partial charge < -0.3 is 10.5 Å². The number of anilines is 1. The second kappa shape index (κ2) is 5.19. The van der Waals surface area contributed by atoms with Crippen LogP contribution >= 0.6 is 0 Å². The van der Waals surface area contributed by atoms with Crippen molar-refractivity contribution < 1.29 is 9.66 Å². The first-order valence-corrected chi connectivity index (χ1v) is 5.48. The number of benzene rings is 1. The molecule has 2 N–H and O–H groups in total. The van der Waals surface area contributed by atoms with Crippen molar-refractivity contribution in [3.05, 3.63) is 45.6 Å². The average molecular weight is 271 g/mol. The highest BCUT2D eigenvalue weighted by Crippen LogP contribution is 2.33. The highest BCUT2D eigenvalue weighted by molar-refractivity contribution is 5.51. The SMILES string of the molecule is Cc1nc(N)nc(Oc2ccccc2C#N)c1[N+](=O)[O-]. The van der Waals surface area contributed by atoms with Crippen LogP contribution in [0.3, 0.4) is 0 Å². The molecule has 0 unspecified atom stereocenters. The first-order valence-electron chi connectivity index (χ1n) is 5.48. The van der Waals surface area contributed by atoms with E-state index >= 15 is 0 Å². The molecule has 0 bridgehead atoms. The third-order valence-electron chi connectivity index (χ3n) is 2.44. The Hall–Kier alpha value is -3.21. The number of nitriles is 1. The molecule has 0 aliphatic heterocycles. The van der Waals surface area contributed by atoms with Crippen molar-refractivity contribution in [2.75, 3.05) is 5.73 Å². The van der Waals surface area contributed by atoms with Crippen molar-refractivity contribution in [2.24, 2.45) is 0 Å². The van der Waals surface area contributed by atoms with E-state index in [1.54, 1.807) is 12.1 Å². The topological polar surface area (TPSA) is 128 Å². The molecule has 0 saturated carbocycles. The van der Waals surface area contributed by atoms with Crippen LogP contribution < -0.4 is 10.5 Å². The van der Waals surface area contributed by atoms with Crippen LogP contribution in [0.5, 0.6) is 11.6 Å². The predicted molar refractivity (Wildman–Crippen MR) is 69.1 cm³/mol. The molecular formula is C12H9N5O3. The molecule has 0 fully saturated rings. The van der Waals surface area contributed by atoms with Gasteiger partial charge in [-0.25, -0.2) is 4.98 Å². The zero-order valence-electron chi connectivity index (χ0n) is 10.4. The number of para-hydroxylation sites is 1. The smallest absolute Gasteiger partial charge is 0.352 e. The fourth-order valence-corrected chi connectivity index (χ4v) is 1.60. The molecule has 0 saturated heterocycles. The summed E-state index contributed by atoms with van der Waals surface area (Å²) in [7, 11) is 0. The standard InChI is InChI=1S/C12H9N5O3/c1-7-10(17(18)19)11(16-12(14)15-7)20-9-5-3-2-4-8(9)6-13/h2-5H,1H3,(H2,14,15,16). The molecule has 1 aromatic carbocycles. The number of nitrogen functional groups attached to an aromatic ring is 1. The van der Waals surface area contributed by atoms with Crippen molar-refractivity contribution >= 4 is 11.6 Å². The van der Waals surface area contributed by atoms with Crippen LogP contribution in [0.1, 0.15) is 11.3 Å². The monoisotopic (exact) mass is 271 g/mol. The molecule has 2 aromatic rings. The minimum absolute atomic E-state index is 0.0898. The van der Waals surface area contributed by atoms with E-state index < -0.39 is 4.92 Å². The van der Waals surface area contributed by atoms with Gasteiger partial charge in [-0.15, -0.1) is 0 Å². The molecule has 0 aliphatic carbocycles. The van der Waals surface area contributed by atoms with E-state index in [4.69, 9.17) is 15.7 Å². The number of aromatic nitrogens is 2. The van der Waals surface area contributed by atoms with Crippen LogP contribution in [0.25, 0.3) is 0 Å². The van der Waals surface area contributed by atoms with Crippen molar-refractivity contribution in [1.29, 1.82) is 5.26 Å². The first-order chi connectivity index (χ1) is 9.52. The number of rotatable bonds is 3. The van der Waals surface area contributed by atoms with E-state index in [2.05, 4.69) is 9.97 Å². The summed E-state index contributed by atoms with van der Waals surface area (Å²) < 4.78 is 5.36. The fourth-order valence-electron chi connectivity index (χ4n) is 1.60. The van der Waals surface area contributed by atoms with E-state index in [1.807, 2.05) is 6.07 Å². The lowest BCUT2D eigenvalue weighted by molar-refractivity contribution is -0.386. The van der Waals surface area contributed by atoms with Gasteiger partial charge in [-0.05, 0) is 19.1 Å². The number of hydrogen-bond donors (Lipinski definition) is 1. The molecular weight excluding hydrogens is 262 g/mol. The Kier molecular flexibility index (Phi) is 3.43. The maximum absolute atomic E-state index is 11.0. The molecule has 1 aromatic heterocycles. The molecule has 8 heteroatoms. The third-order valence-corrected chi connectivity index (χ3v) is 2.44. The van der Waals surface area contributed by atoms with E-state index in [9.17, 15) is 10.1 Å². The molecule has 20 heavy (non-hydrogen) atoms. The van der Waals surface area contributed by atoms with Crippen LogP contribution in [0.4, 0.5) is 11.6 Å². The lowest BCUT2D eigenvalue weighted by Gasteiger charge is -2.08. The first kappa shape index (κ1) is 13.2. The van der Waals surface area contributed by atoms with Crippen LogP contribution in [-0.2, 0) is 0 Å². The lowest BCUT2D eigenvalue weighted by Crippen LogP contribution is -2.05. The Bertz CT molecular complexity index is 724. The van der Waals surface area contributed by atoms with Crippen LogP contribution in [-0.4, -0.2) is 14.9 Å². The Morgan fingerprint density at radius 1 is 1.40 bits per heavy atom. The van der Waals surface area contributed by atoms with Gasteiger partial charge in [0.2, 0.25) is 5.95 Å². The van der Waals surface area contributed by atoms with E-state index in [0.29, 0.717) is 0 Å². The van der Waals surface area contributed by atoms with E-state index in [1.165, 1.54) is 19.1 Å². The van der Waals surface area contributed by atoms with Gasteiger partial charge in [0.1, 0.15) is 17.5 Å². The second-order valence-corrected chi connectivity index (χ2v) is 3.79. The van der Waals surface area contributed by atoms with Gasteiger partial charge in [0.05, 0.1) is 10.5 Å². The van der Waals surface area contributed by atoms with Gasteiger partial charge in [0.25, 0.3) is 0 Å². The summed E-state index contributed by atoms with van der Waals surface area (Å²) in [6.45, 7) is 1.43. The lowest BCUT2D eigenvalue weighted by atomic mass is 10.2. The van der Waals surface area contributed by atoms with Gasteiger partial charge in [-0.3, -0.25) is 10.1 Å². The number of nitrogens with two attached hydrogens (primary N) is 1. The van der Waals surface area contributed by atoms with E-state index in [0.717, 1.165) is 0 Å². The molecule has 0 radical (unpaired) electrons. The minimum Gasteiger partial charge on any atom is -0.432 e. The maximum Gasteiger partial charge on any atom is 0.352 e. The Morgan fingerprint density at radius 2 is 2.10 bits per heavy atom. The van der Waals surface area contributed by atoms with Gasteiger partial charge >= 0.3 is 11.6 Å². The summed E-state index contributed by atoms with van der Waals surface area (Å²) >= 11 is 0. The maximum atomic E-state index is 11.0. The number of ether oxygens (including phenoxy) is 1. The average Bonchev–Trinajstić information content (AvgIpc) is 2.38. The van der Waals surface area contributed by atoms with E-state index in [-0.39, 0.29) is 34.5 Å². The summed E-state index contributed by atoms with van der Waals surface area (Å²) in [5.41, 5.74) is 5.40. The zero-order valence-corrected chi connectivity index (χ0v) is 10.4. The predicted octanol–water partition coefficient (Wildman–Crippen LogP) is 1.94. The normalized spacial score (nSPS) is 9.80. The molecule has 0 atom stereocenters. The Morgan fingerprint density at radius 3 is 2.75 bits per heavy atom. The quantitative estimate of drug-likeness (QED) is 0.667. The highest BCUT2D eigenvalue weighted by atomic mass is 16.6. The van der Waals surface area contributed by atoms with Crippen LogP contribution in [0, 0.1) is 28.4 Å². The Labute approximate surface area is 113 Å². The highest BCUT2D eigenvalue weighted by Gasteiger charge is 2.24. The molecule has 1 heterocycles. The van der Waals surface area contributed by atoms with Crippen molar-refractivity contribution in [1.82, 2.24) is 9.97 Å². The molecule has 0 amide bonds. The summed E-state index contributed by atoms with van der Waals surface area (Å²) in [4.78, 5) is 17.8. The van der Waals surface area contributed by atoms with Gasteiger partial charge in [-0.2, -0.15) is 10.2 Å². The Balaban J connectivity index is 2.54. The fraction of sp³-hybridized carbons (Fsp3) is 0.0833. The number of nitrogens with zero attached hydrogens (tertiary/aromatic N) is 4. The van der Waals surface area contributed by atoms with Crippen molar-refractivity contribution in [3.63, 3.8) is 0 Å². The third kappa shape index (κ3) is 2.46. The second-order valence-electron chi connectivity index (χ2n) is 3.79. The number of hydrogen-bond acceptors (Lipinski definition) is 7. The van der Waals surface area contributed by atoms with Gasteiger partial charge in [-0.1, -0.05) is 12.1 Å². The van der Waals surface area contributed by atoms with Gasteiger partial charge in [0, 0.05) is 0 Å². The molecule has 8 nitrogen and oxygen atoms in total. The van der Waals surface area contributed by atoms with Crippen molar-refractivity contribution in [3.8, 4) is 17.7 Å². The number of nitro groups is 1. The largest absolute Gasteiger partial charge is 0.432 e. The summed E-state index contributed by atoms with van der Waals surface area (Å²) in [6, 6.07) is 8.25. The molecule has 0 spiro atoms. The minimum atomic E-state index is -0.654. The summed E-state index contributed by atoms with van der Waals surface area (Å²) in [5.74, 6) is -0.268. The summed E-state index contributed by atoms with van der Waals surface area (Å²) in [6.07, 6.45) is 0. The number of aryl methyl sites for hydroxylation is 1. The zero-order chi connectivity index (χ0) is 14.7. The summed E-state index contributed by atoms with van der Waals surface area (Å²) in [5, 5.41) is 20.0. The van der Waals surface area contributed by atoms with Crippen LogP contribution in [0.15, 0.2) is 24.3 Å². The molecule has 100 valence electrons. The molecule has 2 rings (SSSR count). The van der Waals surface area contributed by atoms with Crippen LogP contribution in [0.2, 0.25) is 0 Å². The van der Waals surface area contributed by atoms with Gasteiger partial charge in [0.15, 0.2) is 0 Å².